The highest BCUT2D eigenvalue weighted by Crippen LogP contribution is 2.17. The van der Waals surface area contributed by atoms with Gasteiger partial charge in [-0.3, -0.25) is 0 Å². The fourth-order valence-electron chi connectivity index (χ4n) is 3.58. The van der Waals surface area contributed by atoms with Crippen LogP contribution in [0.5, 0.6) is 0 Å². The number of aryl methyl sites for hydroxylation is 2. The van der Waals surface area contributed by atoms with Crippen molar-refractivity contribution in [3.63, 3.8) is 0 Å². The molecule has 0 saturated carbocycles. The molecule has 0 saturated heterocycles. The van der Waals surface area contributed by atoms with Crippen LogP contribution in [-0.4, -0.2) is 11.1 Å². The highest BCUT2D eigenvalue weighted by Gasteiger charge is 2.06. The van der Waals surface area contributed by atoms with Gasteiger partial charge in [0.25, 0.3) is 0 Å². The number of unbranched alkanes of at least 4 members (excludes halogenated alkanes) is 13. The van der Waals surface area contributed by atoms with E-state index >= 15 is 0 Å². The van der Waals surface area contributed by atoms with Gasteiger partial charge < -0.3 is 5.11 Å². The molecule has 0 fully saturated rings. The monoisotopic (exact) mass is 360 g/mol. The third-order valence-corrected chi connectivity index (χ3v) is 5.40. The van der Waals surface area contributed by atoms with Crippen LogP contribution in [-0.2, 0) is 6.42 Å². The zero-order valence-electron chi connectivity index (χ0n) is 17.2. The Morgan fingerprint density at radius 1 is 0.769 bits per heavy atom. The molecule has 1 aromatic carbocycles. The van der Waals surface area contributed by atoms with Gasteiger partial charge in [0.15, 0.2) is 0 Å². The van der Waals surface area contributed by atoms with Gasteiger partial charge in [0.05, 0.1) is 5.56 Å². The topological polar surface area (TPSA) is 37.3 Å². The third-order valence-electron chi connectivity index (χ3n) is 5.40. The minimum absolute atomic E-state index is 0.413. The summed E-state index contributed by atoms with van der Waals surface area (Å²) in [6.45, 7) is 4.35. The van der Waals surface area contributed by atoms with Crippen LogP contribution in [0.3, 0.4) is 0 Å². The van der Waals surface area contributed by atoms with Gasteiger partial charge in [0.2, 0.25) is 0 Å². The van der Waals surface area contributed by atoms with Gasteiger partial charge in [-0.2, -0.15) is 0 Å². The first kappa shape index (κ1) is 22.7. The summed E-state index contributed by atoms with van der Waals surface area (Å²) in [5.41, 5.74) is 2.82. The van der Waals surface area contributed by atoms with Crippen LogP contribution in [0, 0.1) is 6.92 Å². The van der Waals surface area contributed by atoms with Crippen molar-refractivity contribution in [3.8, 4) is 0 Å². The van der Waals surface area contributed by atoms with E-state index in [2.05, 4.69) is 13.8 Å². The van der Waals surface area contributed by atoms with Crippen molar-refractivity contribution in [2.45, 2.75) is 110 Å². The van der Waals surface area contributed by atoms with E-state index in [-0.39, 0.29) is 0 Å². The van der Waals surface area contributed by atoms with Crippen LogP contribution >= 0.6 is 0 Å². The Labute approximate surface area is 161 Å². The molecule has 0 bridgehead atoms. The summed E-state index contributed by atoms with van der Waals surface area (Å²) in [4.78, 5) is 11.1. The molecule has 0 heterocycles. The molecule has 0 atom stereocenters. The van der Waals surface area contributed by atoms with E-state index < -0.39 is 5.97 Å². The van der Waals surface area contributed by atoms with Crippen molar-refractivity contribution in [2.75, 3.05) is 0 Å². The Balaban J connectivity index is 1.95. The van der Waals surface area contributed by atoms with Crippen LogP contribution in [0.4, 0.5) is 0 Å². The second-order valence-electron chi connectivity index (χ2n) is 7.79. The SMILES string of the molecule is CCCCCCCCCCCCCCCCc1cc(C(=O)O)ccc1C. The van der Waals surface area contributed by atoms with Crippen LogP contribution in [0.15, 0.2) is 18.2 Å². The first-order valence-corrected chi connectivity index (χ1v) is 11.0. The van der Waals surface area contributed by atoms with Crippen LogP contribution in [0.2, 0.25) is 0 Å². The van der Waals surface area contributed by atoms with E-state index in [0.717, 1.165) is 6.42 Å². The van der Waals surface area contributed by atoms with Gasteiger partial charge in [-0.15, -0.1) is 0 Å². The molecule has 2 heteroatoms. The van der Waals surface area contributed by atoms with Gasteiger partial charge in [0, 0.05) is 0 Å². The maximum absolute atomic E-state index is 11.1. The Kier molecular flexibility index (Phi) is 13.0. The minimum atomic E-state index is -0.827. The lowest BCUT2D eigenvalue weighted by atomic mass is 9.98. The van der Waals surface area contributed by atoms with Crippen molar-refractivity contribution in [1.29, 1.82) is 0 Å². The van der Waals surface area contributed by atoms with E-state index in [1.165, 1.54) is 101 Å². The molecule has 0 amide bonds. The van der Waals surface area contributed by atoms with Crippen LogP contribution in [0.25, 0.3) is 0 Å². The van der Waals surface area contributed by atoms with Gasteiger partial charge in [-0.05, 0) is 43.0 Å². The lowest BCUT2D eigenvalue weighted by Gasteiger charge is -2.07. The molecule has 1 N–H and O–H groups in total. The fraction of sp³-hybridized carbons (Fsp3) is 0.708. The highest BCUT2D eigenvalue weighted by atomic mass is 16.4. The second-order valence-corrected chi connectivity index (χ2v) is 7.79. The molecule has 0 spiro atoms. The lowest BCUT2D eigenvalue weighted by molar-refractivity contribution is 0.0696. The zero-order chi connectivity index (χ0) is 19.0. The number of aromatic carboxylic acids is 1. The molecule has 1 rings (SSSR count). The Bertz CT molecular complexity index is 493. The number of benzene rings is 1. The Hall–Kier alpha value is -1.31. The van der Waals surface area contributed by atoms with Gasteiger partial charge in [-0.25, -0.2) is 4.79 Å². The van der Waals surface area contributed by atoms with Crippen LogP contribution < -0.4 is 0 Å². The number of carbonyl (C=O) groups is 1. The van der Waals surface area contributed by atoms with Gasteiger partial charge in [-0.1, -0.05) is 96.5 Å². The van der Waals surface area contributed by atoms with Gasteiger partial charge >= 0.3 is 5.97 Å². The zero-order valence-corrected chi connectivity index (χ0v) is 17.2. The molecule has 2 nitrogen and oxygen atoms in total. The maximum Gasteiger partial charge on any atom is 0.335 e. The highest BCUT2D eigenvalue weighted by molar-refractivity contribution is 5.87. The summed E-state index contributed by atoms with van der Waals surface area (Å²) >= 11 is 0. The summed E-state index contributed by atoms with van der Waals surface area (Å²) in [6.07, 6.45) is 20.2. The molecule has 0 aliphatic rings. The predicted molar refractivity (Wildman–Crippen MR) is 112 cm³/mol. The lowest BCUT2D eigenvalue weighted by Crippen LogP contribution is -1.99. The fourth-order valence-corrected chi connectivity index (χ4v) is 3.58. The number of carboxylic acids is 1. The van der Waals surface area contributed by atoms with E-state index in [4.69, 9.17) is 5.11 Å². The first-order valence-electron chi connectivity index (χ1n) is 11.0. The normalized spacial score (nSPS) is 11.0. The van der Waals surface area contributed by atoms with Crippen molar-refractivity contribution in [1.82, 2.24) is 0 Å². The van der Waals surface area contributed by atoms with Crippen molar-refractivity contribution in [3.05, 3.63) is 34.9 Å². The van der Waals surface area contributed by atoms with E-state index in [0.29, 0.717) is 5.56 Å². The van der Waals surface area contributed by atoms with E-state index in [9.17, 15) is 4.79 Å². The standard InChI is InChI=1S/C24H40O2/c1-3-4-5-6-7-8-9-10-11-12-13-14-15-16-17-22-20-23(24(25)26)19-18-21(22)2/h18-20H,3-17H2,1-2H3,(H,25,26). The Morgan fingerprint density at radius 3 is 1.69 bits per heavy atom. The molecule has 26 heavy (non-hydrogen) atoms. The number of carboxylic acid groups (broad SMARTS) is 1. The molecule has 1 aromatic rings. The summed E-state index contributed by atoms with van der Waals surface area (Å²) in [5, 5.41) is 9.09. The van der Waals surface area contributed by atoms with Crippen molar-refractivity contribution < 1.29 is 9.90 Å². The quantitative estimate of drug-likeness (QED) is 0.306. The number of hydrogen-bond donors (Lipinski definition) is 1. The summed E-state index contributed by atoms with van der Waals surface area (Å²) in [6, 6.07) is 5.48. The third kappa shape index (κ3) is 10.6. The largest absolute Gasteiger partial charge is 0.478 e. The summed E-state index contributed by atoms with van der Waals surface area (Å²) in [7, 11) is 0. The minimum Gasteiger partial charge on any atom is -0.478 e. The van der Waals surface area contributed by atoms with E-state index in [1.807, 2.05) is 12.1 Å². The van der Waals surface area contributed by atoms with Crippen molar-refractivity contribution >= 4 is 5.97 Å². The molecule has 0 aromatic heterocycles. The summed E-state index contributed by atoms with van der Waals surface area (Å²) in [5.74, 6) is -0.827. The molecule has 0 radical (unpaired) electrons. The number of hydrogen-bond acceptors (Lipinski definition) is 1. The molecule has 0 unspecified atom stereocenters. The molecule has 0 aliphatic carbocycles. The number of rotatable bonds is 16. The average Bonchev–Trinajstić information content (AvgIpc) is 2.63. The van der Waals surface area contributed by atoms with Gasteiger partial charge in [0.1, 0.15) is 0 Å². The van der Waals surface area contributed by atoms with Crippen molar-refractivity contribution in [2.24, 2.45) is 0 Å². The molecule has 148 valence electrons. The summed E-state index contributed by atoms with van der Waals surface area (Å²) < 4.78 is 0. The first-order chi connectivity index (χ1) is 12.6. The average molecular weight is 361 g/mol. The molecule has 0 aliphatic heterocycles. The maximum atomic E-state index is 11.1. The van der Waals surface area contributed by atoms with Crippen LogP contribution in [0.1, 0.15) is 118 Å². The molecular formula is C24H40O2. The Morgan fingerprint density at radius 2 is 1.23 bits per heavy atom. The van der Waals surface area contributed by atoms with E-state index in [1.54, 1.807) is 6.07 Å². The smallest absolute Gasteiger partial charge is 0.335 e. The second kappa shape index (κ2) is 14.8. The predicted octanol–water partition coefficient (Wildman–Crippen LogP) is 7.72. The molecular weight excluding hydrogens is 320 g/mol.